The zero-order valence-corrected chi connectivity index (χ0v) is 16.8. The van der Waals surface area contributed by atoms with E-state index < -0.39 is 0 Å². The number of nitrogens with one attached hydrogen (secondary N) is 1. The van der Waals surface area contributed by atoms with Crippen molar-refractivity contribution in [2.24, 2.45) is 46.2 Å². The second-order valence-electron chi connectivity index (χ2n) is 9.98. The first kappa shape index (κ1) is 18.5. The van der Waals surface area contributed by atoms with Crippen molar-refractivity contribution >= 4 is 0 Å². The van der Waals surface area contributed by atoms with Gasteiger partial charge >= 0.3 is 0 Å². The Bertz CT molecular complexity index is 643. The fourth-order valence-corrected chi connectivity index (χ4v) is 7.62. The van der Waals surface area contributed by atoms with Gasteiger partial charge in [0.1, 0.15) is 0 Å². The van der Waals surface area contributed by atoms with Gasteiger partial charge in [0.2, 0.25) is 0 Å². The number of aromatic nitrogens is 2. The van der Waals surface area contributed by atoms with Gasteiger partial charge in [-0.1, -0.05) is 27.2 Å². The summed E-state index contributed by atoms with van der Waals surface area (Å²) in [6, 6.07) is 0. The number of hydrogen-bond donors (Lipinski definition) is 3. The van der Waals surface area contributed by atoms with Crippen LogP contribution in [-0.4, -0.2) is 28.5 Å². The number of aliphatic hydroxyl groups excluding tert-OH is 1. The highest BCUT2D eigenvalue weighted by atomic mass is 16.3. The third-order valence-corrected chi connectivity index (χ3v) is 9.23. The maximum Gasteiger partial charge on any atom is 0.0522 e. The van der Waals surface area contributed by atoms with Crippen LogP contribution in [0.15, 0.2) is 6.20 Å². The number of hydrogen-bond acceptors (Lipinski definition) is 3. The van der Waals surface area contributed by atoms with Crippen molar-refractivity contribution in [2.45, 2.75) is 65.7 Å². The van der Waals surface area contributed by atoms with E-state index in [9.17, 15) is 5.11 Å². The van der Waals surface area contributed by atoms with Crippen LogP contribution < -0.4 is 5.73 Å². The van der Waals surface area contributed by atoms with E-state index in [0.717, 1.165) is 31.2 Å². The SMILES string of the molecule is CC[C@H]1CC[C@H]2[C@H](CN)[C@@H](C3(C)Cc4cn[nH]c4CC3CO)CC[C@]12C. The van der Waals surface area contributed by atoms with Crippen molar-refractivity contribution in [2.75, 3.05) is 13.2 Å². The van der Waals surface area contributed by atoms with Crippen LogP contribution in [0.1, 0.15) is 64.1 Å². The second-order valence-corrected chi connectivity index (χ2v) is 9.98. The molecule has 4 heteroatoms. The molecule has 0 radical (unpaired) electrons. The van der Waals surface area contributed by atoms with E-state index in [2.05, 4.69) is 31.0 Å². The van der Waals surface area contributed by atoms with Gasteiger partial charge in [0.05, 0.1) is 6.20 Å². The van der Waals surface area contributed by atoms with Crippen LogP contribution in [0.5, 0.6) is 0 Å². The lowest BCUT2D eigenvalue weighted by atomic mass is 9.49. The molecule has 1 aromatic rings. The van der Waals surface area contributed by atoms with Gasteiger partial charge in [-0.15, -0.1) is 0 Å². The normalized spacial score (nSPS) is 45.3. The molecule has 1 aromatic heterocycles. The molecule has 4 rings (SSSR count). The third-order valence-electron chi connectivity index (χ3n) is 9.23. The molecular formula is C22H37N3O. The second kappa shape index (κ2) is 6.63. The molecule has 2 saturated carbocycles. The van der Waals surface area contributed by atoms with E-state index in [1.165, 1.54) is 43.4 Å². The lowest BCUT2D eigenvalue weighted by Crippen LogP contribution is -2.53. The average Bonchev–Trinajstić information content (AvgIpc) is 3.22. The molecule has 0 aliphatic heterocycles. The molecule has 0 amide bonds. The van der Waals surface area contributed by atoms with Crippen LogP contribution >= 0.6 is 0 Å². The Hall–Kier alpha value is -0.870. The van der Waals surface area contributed by atoms with Gasteiger partial charge in [-0.05, 0) is 91.1 Å². The van der Waals surface area contributed by atoms with Crippen LogP contribution in [0.4, 0.5) is 0 Å². The molecule has 146 valence electrons. The number of aliphatic hydroxyl groups is 1. The third kappa shape index (κ3) is 2.51. The van der Waals surface area contributed by atoms with Crippen LogP contribution in [0, 0.1) is 40.4 Å². The van der Waals surface area contributed by atoms with E-state index in [0.29, 0.717) is 23.2 Å². The van der Waals surface area contributed by atoms with Gasteiger partial charge in [0, 0.05) is 12.3 Å². The summed E-state index contributed by atoms with van der Waals surface area (Å²) < 4.78 is 0. The Morgan fingerprint density at radius 1 is 1.19 bits per heavy atom. The fourth-order valence-electron chi connectivity index (χ4n) is 7.62. The highest BCUT2D eigenvalue weighted by Crippen LogP contribution is 2.63. The van der Waals surface area contributed by atoms with E-state index in [1.54, 1.807) is 0 Å². The molecule has 0 spiro atoms. The van der Waals surface area contributed by atoms with Gasteiger partial charge in [-0.3, -0.25) is 5.10 Å². The van der Waals surface area contributed by atoms with Crippen molar-refractivity contribution in [1.29, 1.82) is 0 Å². The van der Waals surface area contributed by atoms with Gasteiger partial charge in [0.15, 0.2) is 0 Å². The molecule has 7 atom stereocenters. The number of nitrogens with zero attached hydrogens (tertiary/aromatic N) is 1. The summed E-state index contributed by atoms with van der Waals surface area (Å²) >= 11 is 0. The van der Waals surface area contributed by atoms with Crippen molar-refractivity contribution in [3.63, 3.8) is 0 Å². The molecule has 0 saturated heterocycles. The molecule has 4 nitrogen and oxygen atoms in total. The summed E-state index contributed by atoms with van der Waals surface area (Å²) in [6.07, 6.45) is 10.6. The Kier molecular flexibility index (Phi) is 4.71. The minimum atomic E-state index is 0.126. The molecule has 2 unspecified atom stereocenters. The lowest BCUT2D eigenvalue weighted by Gasteiger charge is -2.56. The maximum atomic E-state index is 10.2. The first-order chi connectivity index (χ1) is 12.5. The first-order valence-corrected chi connectivity index (χ1v) is 10.8. The summed E-state index contributed by atoms with van der Waals surface area (Å²) in [7, 11) is 0. The first-order valence-electron chi connectivity index (χ1n) is 10.8. The van der Waals surface area contributed by atoms with Crippen molar-refractivity contribution in [3.8, 4) is 0 Å². The van der Waals surface area contributed by atoms with Crippen molar-refractivity contribution < 1.29 is 5.11 Å². The number of rotatable bonds is 4. The predicted molar refractivity (Wildman–Crippen MR) is 105 cm³/mol. The molecule has 0 aromatic carbocycles. The maximum absolute atomic E-state index is 10.2. The predicted octanol–water partition coefficient (Wildman–Crippen LogP) is 3.55. The summed E-state index contributed by atoms with van der Waals surface area (Å²) in [5.41, 5.74) is 9.64. The minimum absolute atomic E-state index is 0.126. The zero-order valence-electron chi connectivity index (χ0n) is 16.8. The highest BCUT2D eigenvalue weighted by Gasteiger charge is 2.57. The summed E-state index contributed by atoms with van der Waals surface area (Å²) in [6.45, 7) is 8.42. The average molecular weight is 360 g/mol. The van der Waals surface area contributed by atoms with Crippen LogP contribution in [-0.2, 0) is 12.8 Å². The molecule has 2 fully saturated rings. The molecule has 1 heterocycles. The van der Waals surface area contributed by atoms with Gasteiger partial charge in [0.25, 0.3) is 0 Å². The standard InChI is InChI=1S/C22H37N3O/c1-4-15-5-6-18-17(11-23)19(7-8-21(15,18)2)22(3)10-14-12-24-25-20(14)9-16(22)13-26/h12,15-19,26H,4-11,13,23H2,1-3H3,(H,24,25)/t15-,16?,17-,18-,19-,21+,22?/m0/s1. The topological polar surface area (TPSA) is 74.9 Å². The largest absolute Gasteiger partial charge is 0.396 e. The molecule has 26 heavy (non-hydrogen) atoms. The molecule has 0 bridgehead atoms. The molecular weight excluding hydrogens is 322 g/mol. The number of aromatic amines is 1. The summed E-state index contributed by atoms with van der Waals surface area (Å²) in [4.78, 5) is 0. The monoisotopic (exact) mass is 359 g/mol. The van der Waals surface area contributed by atoms with Gasteiger partial charge in [-0.2, -0.15) is 5.10 Å². The van der Waals surface area contributed by atoms with Crippen molar-refractivity contribution in [1.82, 2.24) is 10.2 Å². The minimum Gasteiger partial charge on any atom is -0.396 e. The van der Waals surface area contributed by atoms with Crippen LogP contribution in [0.3, 0.4) is 0 Å². The van der Waals surface area contributed by atoms with Crippen molar-refractivity contribution in [3.05, 3.63) is 17.5 Å². The smallest absolute Gasteiger partial charge is 0.0522 e. The van der Waals surface area contributed by atoms with E-state index in [-0.39, 0.29) is 12.0 Å². The Balaban J connectivity index is 1.67. The number of H-pyrrole nitrogens is 1. The lowest BCUT2D eigenvalue weighted by molar-refractivity contribution is -0.0708. The Morgan fingerprint density at radius 3 is 2.65 bits per heavy atom. The molecule has 4 N–H and O–H groups in total. The summed E-state index contributed by atoms with van der Waals surface area (Å²) in [5, 5.41) is 17.7. The van der Waals surface area contributed by atoms with Crippen LogP contribution in [0.25, 0.3) is 0 Å². The highest BCUT2D eigenvalue weighted by molar-refractivity contribution is 5.25. The molecule has 3 aliphatic rings. The Labute approximate surface area is 158 Å². The van der Waals surface area contributed by atoms with E-state index in [4.69, 9.17) is 5.73 Å². The van der Waals surface area contributed by atoms with Gasteiger partial charge in [-0.25, -0.2) is 0 Å². The van der Waals surface area contributed by atoms with Gasteiger partial charge < -0.3 is 10.8 Å². The van der Waals surface area contributed by atoms with Crippen LogP contribution in [0.2, 0.25) is 0 Å². The fraction of sp³-hybridized carbons (Fsp3) is 0.864. The van der Waals surface area contributed by atoms with E-state index >= 15 is 0 Å². The number of nitrogens with two attached hydrogens (primary N) is 1. The zero-order chi connectivity index (χ0) is 18.5. The Morgan fingerprint density at radius 2 is 1.96 bits per heavy atom. The number of fused-ring (bicyclic) bond motifs is 2. The van der Waals surface area contributed by atoms with E-state index in [1.807, 2.05) is 6.20 Å². The summed E-state index contributed by atoms with van der Waals surface area (Å²) in [5.74, 6) is 3.15. The quantitative estimate of drug-likeness (QED) is 0.769. The molecule has 3 aliphatic carbocycles.